The topological polar surface area (TPSA) is 54.9 Å². The molecule has 0 atom stereocenters. The summed E-state index contributed by atoms with van der Waals surface area (Å²) in [6.45, 7) is 5.89. The van der Waals surface area contributed by atoms with Crippen LogP contribution in [0.25, 0.3) is 0 Å². The van der Waals surface area contributed by atoms with Crippen LogP contribution in [-0.2, 0) is 16.0 Å². The number of halogens is 2. The molecule has 0 saturated heterocycles. The van der Waals surface area contributed by atoms with Crippen molar-refractivity contribution in [1.29, 1.82) is 0 Å². The average molecular weight is 442 g/mol. The van der Waals surface area contributed by atoms with E-state index >= 15 is 0 Å². The van der Waals surface area contributed by atoms with Gasteiger partial charge in [0.1, 0.15) is 0 Å². The number of ether oxygens (including phenoxy) is 2. The summed E-state index contributed by atoms with van der Waals surface area (Å²) in [6, 6.07) is 7.72. The van der Waals surface area contributed by atoms with E-state index in [2.05, 4.69) is 15.6 Å². The van der Waals surface area contributed by atoms with Gasteiger partial charge >= 0.3 is 0 Å². The Morgan fingerprint density at radius 2 is 1.95 bits per heavy atom. The summed E-state index contributed by atoms with van der Waals surface area (Å²) in [6.07, 6.45) is 0. The number of nitrogens with zero attached hydrogens (tertiary/aromatic N) is 1. The van der Waals surface area contributed by atoms with Crippen molar-refractivity contribution < 1.29 is 9.47 Å². The minimum Gasteiger partial charge on any atom is -0.382 e. The molecule has 0 aliphatic carbocycles. The van der Waals surface area contributed by atoms with E-state index in [4.69, 9.17) is 21.1 Å². The summed E-state index contributed by atoms with van der Waals surface area (Å²) < 4.78 is 10.3. The molecular weight excluding hydrogens is 417 g/mol. The van der Waals surface area contributed by atoms with E-state index in [9.17, 15) is 0 Å². The van der Waals surface area contributed by atoms with Gasteiger partial charge in [0, 0.05) is 25.2 Å². The molecular formula is C15H25ClIN3O2. The van der Waals surface area contributed by atoms with Gasteiger partial charge in [-0.15, -0.1) is 24.0 Å². The molecule has 0 aromatic heterocycles. The van der Waals surface area contributed by atoms with Crippen molar-refractivity contribution in [2.24, 2.45) is 4.99 Å². The molecule has 0 saturated carbocycles. The number of guanidine groups is 1. The molecule has 126 valence electrons. The Balaban J connectivity index is 0.00000441. The predicted octanol–water partition coefficient (Wildman–Crippen LogP) is 2.68. The number of methoxy groups -OCH3 is 1. The third-order valence-corrected chi connectivity index (χ3v) is 3.05. The standard InChI is InChI=1S/C15H24ClN3O2.HI/c1-3-17-15(18-8-9-21-11-10-20-2)19-12-13-6-4-5-7-14(13)16;/h4-7H,3,8-12H2,1-2H3,(H2,17,18,19);1H. The molecule has 22 heavy (non-hydrogen) atoms. The van der Waals surface area contributed by atoms with Gasteiger partial charge < -0.3 is 20.1 Å². The highest BCUT2D eigenvalue weighted by atomic mass is 127. The predicted molar refractivity (Wildman–Crippen MR) is 102 cm³/mol. The van der Waals surface area contributed by atoms with Gasteiger partial charge in [-0.25, -0.2) is 4.99 Å². The lowest BCUT2D eigenvalue weighted by atomic mass is 10.2. The Labute approximate surface area is 154 Å². The van der Waals surface area contributed by atoms with Gasteiger partial charge in [0.15, 0.2) is 5.96 Å². The molecule has 7 heteroatoms. The quantitative estimate of drug-likeness (QED) is 0.268. The summed E-state index contributed by atoms with van der Waals surface area (Å²) >= 11 is 6.12. The zero-order valence-electron chi connectivity index (χ0n) is 13.1. The summed E-state index contributed by atoms with van der Waals surface area (Å²) in [5, 5.41) is 7.14. The van der Waals surface area contributed by atoms with Gasteiger partial charge in [-0.3, -0.25) is 0 Å². The normalized spacial score (nSPS) is 11.0. The van der Waals surface area contributed by atoms with Crippen LogP contribution in [0, 0.1) is 0 Å². The van der Waals surface area contributed by atoms with E-state index in [1.54, 1.807) is 7.11 Å². The second-order valence-corrected chi connectivity index (χ2v) is 4.73. The van der Waals surface area contributed by atoms with Crippen molar-refractivity contribution in [3.05, 3.63) is 34.9 Å². The number of nitrogens with one attached hydrogen (secondary N) is 2. The molecule has 0 radical (unpaired) electrons. The second kappa shape index (κ2) is 14.0. The molecule has 0 aliphatic rings. The van der Waals surface area contributed by atoms with Crippen LogP contribution in [-0.4, -0.2) is 46.0 Å². The van der Waals surface area contributed by atoms with E-state index in [0.717, 1.165) is 23.1 Å². The molecule has 1 aromatic rings. The fraction of sp³-hybridized carbons (Fsp3) is 0.533. The molecule has 2 N–H and O–H groups in total. The third-order valence-electron chi connectivity index (χ3n) is 2.68. The molecule has 0 heterocycles. The highest BCUT2D eigenvalue weighted by molar-refractivity contribution is 14.0. The Kier molecular flexibility index (Phi) is 13.7. The van der Waals surface area contributed by atoms with Crippen LogP contribution in [0.1, 0.15) is 12.5 Å². The zero-order chi connectivity index (χ0) is 15.3. The number of aliphatic imine (C=N–C) groups is 1. The number of hydrogen-bond donors (Lipinski definition) is 2. The zero-order valence-corrected chi connectivity index (χ0v) is 16.2. The largest absolute Gasteiger partial charge is 0.382 e. The van der Waals surface area contributed by atoms with Crippen LogP contribution in [0.4, 0.5) is 0 Å². The van der Waals surface area contributed by atoms with Gasteiger partial charge in [-0.1, -0.05) is 29.8 Å². The maximum absolute atomic E-state index is 6.12. The fourth-order valence-electron chi connectivity index (χ4n) is 1.62. The van der Waals surface area contributed by atoms with Crippen LogP contribution in [0.15, 0.2) is 29.3 Å². The SMILES string of the molecule is CCNC(=NCc1ccccc1Cl)NCCOCCOC.I. The van der Waals surface area contributed by atoms with Gasteiger partial charge in [0.2, 0.25) is 0 Å². The Bertz CT molecular complexity index is 433. The van der Waals surface area contributed by atoms with Gasteiger partial charge in [-0.2, -0.15) is 0 Å². The number of benzene rings is 1. The Hall–Kier alpha value is -0.570. The molecule has 0 unspecified atom stereocenters. The van der Waals surface area contributed by atoms with Crippen LogP contribution in [0.5, 0.6) is 0 Å². The van der Waals surface area contributed by atoms with E-state index in [-0.39, 0.29) is 24.0 Å². The van der Waals surface area contributed by atoms with Crippen molar-refractivity contribution >= 4 is 41.5 Å². The summed E-state index contributed by atoms with van der Waals surface area (Å²) in [5.41, 5.74) is 1.01. The third kappa shape index (κ3) is 9.45. The Morgan fingerprint density at radius 3 is 2.64 bits per heavy atom. The van der Waals surface area contributed by atoms with Crippen molar-refractivity contribution in [3.8, 4) is 0 Å². The monoisotopic (exact) mass is 441 g/mol. The van der Waals surface area contributed by atoms with E-state index < -0.39 is 0 Å². The average Bonchev–Trinajstić information content (AvgIpc) is 2.49. The number of rotatable bonds is 9. The van der Waals surface area contributed by atoms with Crippen molar-refractivity contribution in [1.82, 2.24) is 10.6 Å². The van der Waals surface area contributed by atoms with Crippen LogP contribution < -0.4 is 10.6 Å². The lowest BCUT2D eigenvalue weighted by Crippen LogP contribution is -2.39. The van der Waals surface area contributed by atoms with E-state index in [1.165, 1.54) is 0 Å². The van der Waals surface area contributed by atoms with Crippen LogP contribution >= 0.6 is 35.6 Å². The molecule has 0 spiro atoms. The molecule has 1 aromatic carbocycles. The summed E-state index contributed by atoms with van der Waals surface area (Å²) in [4.78, 5) is 4.51. The van der Waals surface area contributed by atoms with Crippen molar-refractivity contribution in [2.45, 2.75) is 13.5 Å². The minimum atomic E-state index is 0. The van der Waals surface area contributed by atoms with Gasteiger partial charge in [-0.05, 0) is 18.6 Å². The van der Waals surface area contributed by atoms with Crippen LogP contribution in [0.2, 0.25) is 5.02 Å². The first-order valence-electron chi connectivity index (χ1n) is 7.10. The van der Waals surface area contributed by atoms with Crippen molar-refractivity contribution in [2.75, 3.05) is 40.0 Å². The van der Waals surface area contributed by atoms with E-state index in [1.807, 2.05) is 31.2 Å². The highest BCUT2D eigenvalue weighted by Crippen LogP contribution is 2.15. The fourth-order valence-corrected chi connectivity index (χ4v) is 1.81. The molecule has 0 fully saturated rings. The lowest BCUT2D eigenvalue weighted by Gasteiger charge is -2.11. The summed E-state index contributed by atoms with van der Waals surface area (Å²) in [5.74, 6) is 0.757. The smallest absolute Gasteiger partial charge is 0.191 e. The lowest BCUT2D eigenvalue weighted by molar-refractivity contribution is 0.0733. The van der Waals surface area contributed by atoms with Gasteiger partial charge in [0.25, 0.3) is 0 Å². The first-order chi connectivity index (χ1) is 10.3. The molecule has 0 bridgehead atoms. The molecule has 5 nitrogen and oxygen atoms in total. The maximum atomic E-state index is 6.12. The van der Waals surface area contributed by atoms with Gasteiger partial charge in [0.05, 0.1) is 26.4 Å². The molecule has 1 rings (SSSR count). The van der Waals surface area contributed by atoms with E-state index in [0.29, 0.717) is 32.9 Å². The van der Waals surface area contributed by atoms with Crippen molar-refractivity contribution in [3.63, 3.8) is 0 Å². The number of hydrogen-bond acceptors (Lipinski definition) is 3. The first kappa shape index (κ1) is 21.4. The first-order valence-corrected chi connectivity index (χ1v) is 7.48. The second-order valence-electron chi connectivity index (χ2n) is 4.32. The summed E-state index contributed by atoms with van der Waals surface area (Å²) in [7, 11) is 1.66. The highest BCUT2D eigenvalue weighted by Gasteiger charge is 2.00. The van der Waals surface area contributed by atoms with Crippen LogP contribution in [0.3, 0.4) is 0 Å². The minimum absolute atomic E-state index is 0. The maximum Gasteiger partial charge on any atom is 0.191 e. The molecule has 0 amide bonds. The molecule has 0 aliphatic heterocycles. The Morgan fingerprint density at radius 1 is 1.18 bits per heavy atom.